The van der Waals surface area contributed by atoms with Crippen LogP contribution in [-0.2, 0) is 0 Å². The summed E-state index contributed by atoms with van der Waals surface area (Å²) in [5, 5.41) is 0. The molecule has 2 unspecified atom stereocenters. The van der Waals surface area contributed by atoms with Gasteiger partial charge in [-0.05, 0) is 25.2 Å². The van der Waals surface area contributed by atoms with Crippen LogP contribution in [0.2, 0.25) is 0 Å². The van der Waals surface area contributed by atoms with Crippen LogP contribution in [0, 0.1) is 18.3 Å². The van der Waals surface area contributed by atoms with E-state index in [1.54, 1.807) is 0 Å². The molecule has 1 fully saturated rings. The van der Waals surface area contributed by atoms with Crippen molar-refractivity contribution in [1.82, 2.24) is 0 Å². The molecule has 1 heteroatoms. The second-order valence-corrected chi connectivity index (χ2v) is 4.48. The third-order valence-electron chi connectivity index (χ3n) is 2.48. The number of hydrogen-bond donors (Lipinski definition) is 0. The molecule has 62 valence electrons. The molecule has 0 aliphatic heterocycles. The van der Waals surface area contributed by atoms with Crippen LogP contribution < -0.4 is 0 Å². The predicted molar refractivity (Wildman–Crippen MR) is 52.7 cm³/mol. The van der Waals surface area contributed by atoms with Gasteiger partial charge in [-0.15, -0.1) is 12.3 Å². The average Bonchev–Trinajstić information content (AvgIpc) is 2.03. The lowest BCUT2D eigenvalue weighted by atomic mass is 9.86. The highest BCUT2D eigenvalue weighted by Crippen LogP contribution is 2.32. The molecule has 1 aliphatic carbocycles. The van der Waals surface area contributed by atoms with E-state index in [0.717, 1.165) is 17.2 Å². The summed E-state index contributed by atoms with van der Waals surface area (Å²) in [5.41, 5.74) is 0. The van der Waals surface area contributed by atoms with Gasteiger partial charge in [0.15, 0.2) is 0 Å². The molecule has 2 atom stereocenters. The molecule has 0 N–H and O–H groups in total. The van der Waals surface area contributed by atoms with Crippen LogP contribution in [0.3, 0.4) is 0 Å². The summed E-state index contributed by atoms with van der Waals surface area (Å²) in [6.45, 7) is 0. The zero-order chi connectivity index (χ0) is 8.10. The molecule has 11 heavy (non-hydrogen) atoms. The molecule has 0 bridgehead atoms. The van der Waals surface area contributed by atoms with Gasteiger partial charge in [-0.1, -0.05) is 28.8 Å². The molecule has 1 saturated carbocycles. The zero-order valence-corrected chi connectivity index (χ0v) is 8.44. The second kappa shape index (κ2) is 4.83. The van der Waals surface area contributed by atoms with E-state index in [2.05, 4.69) is 21.9 Å². The fourth-order valence-corrected chi connectivity index (χ4v) is 2.61. The Morgan fingerprint density at radius 2 is 2.09 bits per heavy atom. The highest BCUT2D eigenvalue weighted by molar-refractivity contribution is 9.09. The van der Waals surface area contributed by atoms with Gasteiger partial charge < -0.3 is 0 Å². The molecule has 0 spiro atoms. The van der Waals surface area contributed by atoms with Gasteiger partial charge in [0.05, 0.1) is 0 Å². The lowest BCUT2D eigenvalue weighted by Gasteiger charge is -2.26. The monoisotopic (exact) mass is 214 g/mol. The quantitative estimate of drug-likeness (QED) is 0.489. The number of terminal acetylenes is 1. The lowest BCUT2D eigenvalue weighted by Crippen LogP contribution is -2.18. The first-order valence-corrected chi connectivity index (χ1v) is 5.33. The largest absolute Gasteiger partial charge is 0.120 e. The minimum absolute atomic E-state index is 0.740. The van der Waals surface area contributed by atoms with E-state index in [1.807, 2.05) is 0 Å². The van der Waals surface area contributed by atoms with Crippen molar-refractivity contribution in [3.05, 3.63) is 0 Å². The maximum Gasteiger partial charge on any atom is 0.0174 e. The van der Waals surface area contributed by atoms with E-state index in [0.29, 0.717) is 0 Å². The first-order valence-electron chi connectivity index (χ1n) is 4.42. The fraction of sp³-hybridized carbons (Fsp3) is 0.800. The second-order valence-electron chi connectivity index (χ2n) is 3.30. The van der Waals surface area contributed by atoms with Gasteiger partial charge in [0, 0.05) is 11.2 Å². The molecular formula is C10H15Br. The molecule has 0 aromatic rings. The number of alkyl halides is 1. The van der Waals surface area contributed by atoms with Crippen LogP contribution in [0.4, 0.5) is 0 Å². The molecule has 1 aliphatic rings. The highest BCUT2D eigenvalue weighted by atomic mass is 79.9. The van der Waals surface area contributed by atoms with Crippen LogP contribution in [-0.4, -0.2) is 4.83 Å². The number of rotatable bonds is 2. The van der Waals surface area contributed by atoms with E-state index in [9.17, 15) is 0 Å². The van der Waals surface area contributed by atoms with Gasteiger partial charge in [0.25, 0.3) is 0 Å². The Morgan fingerprint density at radius 1 is 1.36 bits per heavy atom. The Kier molecular flexibility index (Phi) is 4.01. The maximum absolute atomic E-state index is 5.23. The molecule has 0 nitrogen and oxygen atoms in total. The van der Waals surface area contributed by atoms with Crippen molar-refractivity contribution >= 4 is 15.9 Å². The van der Waals surface area contributed by atoms with Crippen LogP contribution in [0.15, 0.2) is 0 Å². The first kappa shape index (κ1) is 9.13. The summed E-state index contributed by atoms with van der Waals surface area (Å²) in [6, 6.07) is 0. The number of hydrogen-bond acceptors (Lipinski definition) is 0. The fourth-order valence-electron chi connectivity index (χ4n) is 1.76. The summed E-state index contributed by atoms with van der Waals surface area (Å²) in [7, 11) is 0. The normalized spacial score (nSPS) is 31.3. The third kappa shape index (κ3) is 2.87. The average molecular weight is 215 g/mol. The van der Waals surface area contributed by atoms with Crippen molar-refractivity contribution in [2.24, 2.45) is 5.92 Å². The Labute approximate surface area is 77.9 Å². The van der Waals surface area contributed by atoms with Crippen molar-refractivity contribution in [3.63, 3.8) is 0 Å². The van der Waals surface area contributed by atoms with Crippen LogP contribution in [0.25, 0.3) is 0 Å². The van der Waals surface area contributed by atoms with E-state index in [4.69, 9.17) is 6.42 Å². The van der Waals surface area contributed by atoms with E-state index in [-0.39, 0.29) is 0 Å². The van der Waals surface area contributed by atoms with Crippen LogP contribution in [0.5, 0.6) is 0 Å². The SMILES string of the molecule is C#CCCC1CCCCC1Br. The summed E-state index contributed by atoms with van der Waals surface area (Å²) < 4.78 is 0. The van der Waals surface area contributed by atoms with Crippen molar-refractivity contribution in [1.29, 1.82) is 0 Å². The summed E-state index contributed by atoms with van der Waals surface area (Å²) >= 11 is 3.72. The van der Waals surface area contributed by atoms with E-state index in [1.165, 1.54) is 32.1 Å². The Hall–Kier alpha value is 0.0400. The van der Waals surface area contributed by atoms with E-state index < -0.39 is 0 Å². The first-order chi connectivity index (χ1) is 5.34. The minimum atomic E-state index is 0.740. The minimum Gasteiger partial charge on any atom is -0.120 e. The maximum atomic E-state index is 5.23. The van der Waals surface area contributed by atoms with E-state index >= 15 is 0 Å². The molecule has 0 amide bonds. The Morgan fingerprint density at radius 3 is 2.73 bits per heavy atom. The van der Waals surface area contributed by atoms with Gasteiger partial charge in [-0.2, -0.15) is 0 Å². The van der Waals surface area contributed by atoms with Gasteiger partial charge >= 0.3 is 0 Å². The van der Waals surface area contributed by atoms with Crippen molar-refractivity contribution < 1.29 is 0 Å². The highest BCUT2D eigenvalue weighted by Gasteiger charge is 2.21. The zero-order valence-electron chi connectivity index (χ0n) is 6.85. The summed E-state index contributed by atoms with van der Waals surface area (Å²) in [4.78, 5) is 0.740. The lowest BCUT2D eigenvalue weighted by molar-refractivity contribution is 0.358. The number of halogens is 1. The Bertz CT molecular complexity index is 145. The standard InChI is InChI=1S/C10H15Br/c1-2-3-6-9-7-4-5-8-10(9)11/h1,9-10H,3-8H2. The van der Waals surface area contributed by atoms with Gasteiger partial charge in [-0.25, -0.2) is 0 Å². The topological polar surface area (TPSA) is 0 Å². The summed E-state index contributed by atoms with van der Waals surface area (Å²) in [6.07, 6.45) is 12.9. The summed E-state index contributed by atoms with van der Waals surface area (Å²) in [5.74, 6) is 3.56. The predicted octanol–water partition coefficient (Wildman–Crippen LogP) is 3.35. The van der Waals surface area contributed by atoms with Crippen molar-refractivity contribution in [3.8, 4) is 12.3 Å². The molecule has 0 radical (unpaired) electrons. The van der Waals surface area contributed by atoms with Gasteiger partial charge in [0.2, 0.25) is 0 Å². The molecule has 0 aromatic carbocycles. The van der Waals surface area contributed by atoms with Gasteiger partial charge in [0.1, 0.15) is 0 Å². The van der Waals surface area contributed by atoms with Gasteiger partial charge in [-0.3, -0.25) is 0 Å². The van der Waals surface area contributed by atoms with Crippen LogP contribution >= 0.6 is 15.9 Å². The van der Waals surface area contributed by atoms with Crippen molar-refractivity contribution in [2.75, 3.05) is 0 Å². The molecule has 0 saturated heterocycles. The Balaban J connectivity index is 2.25. The smallest absolute Gasteiger partial charge is 0.0174 e. The molecule has 1 rings (SSSR count). The molecule has 0 aromatic heterocycles. The third-order valence-corrected chi connectivity index (χ3v) is 3.68. The molecular weight excluding hydrogens is 200 g/mol. The molecule has 0 heterocycles. The van der Waals surface area contributed by atoms with Crippen LogP contribution in [0.1, 0.15) is 38.5 Å². The van der Waals surface area contributed by atoms with Crippen molar-refractivity contribution in [2.45, 2.75) is 43.4 Å².